The highest BCUT2D eigenvalue weighted by atomic mass is 19.1. The Hall–Kier alpha value is -1.69. The summed E-state index contributed by atoms with van der Waals surface area (Å²) in [5.41, 5.74) is 6.12. The number of anilines is 1. The van der Waals surface area contributed by atoms with Crippen molar-refractivity contribution in [2.24, 2.45) is 5.73 Å². The van der Waals surface area contributed by atoms with E-state index in [9.17, 15) is 14.5 Å². The van der Waals surface area contributed by atoms with Crippen molar-refractivity contribution >= 4 is 11.4 Å². The van der Waals surface area contributed by atoms with Gasteiger partial charge in [-0.25, -0.2) is 4.39 Å². The van der Waals surface area contributed by atoms with Gasteiger partial charge in [-0.2, -0.15) is 0 Å². The Balaban J connectivity index is 2.23. The number of halogens is 1. The maximum absolute atomic E-state index is 13.3. The molecule has 0 radical (unpaired) electrons. The highest BCUT2D eigenvalue weighted by Gasteiger charge is 2.19. The molecule has 0 spiro atoms. The third kappa shape index (κ3) is 2.71. The van der Waals surface area contributed by atoms with Crippen LogP contribution in [0.25, 0.3) is 0 Å². The molecule has 6 heteroatoms. The lowest BCUT2D eigenvalue weighted by Gasteiger charge is -2.31. The summed E-state index contributed by atoms with van der Waals surface area (Å²) in [5.74, 6) is -0.580. The Bertz CT molecular complexity index is 431. The molecule has 0 atom stereocenters. The predicted octanol–water partition coefficient (Wildman–Crippen LogP) is 1.66. The van der Waals surface area contributed by atoms with Crippen molar-refractivity contribution < 1.29 is 9.31 Å². The highest BCUT2D eigenvalue weighted by molar-refractivity contribution is 5.54. The number of piperidine rings is 1. The van der Waals surface area contributed by atoms with Gasteiger partial charge in [0.2, 0.25) is 0 Å². The predicted molar refractivity (Wildman–Crippen MR) is 62.5 cm³/mol. The molecule has 1 aliphatic rings. The number of rotatable bonds is 2. The van der Waals surface area contributed by atoms with Gasteiger partial charge >= 0.3 is 0 Å². The maximum atomic E-state index is 13.3. The highest BCUT2D eigenvalue weighted by Crippen LogP contribution is 2.25. The Morgan fingerprint density at radius 3 is 2.59 bits per heavy atom. The molecule has 0 aliphatic carbocycles. The lowest BCUT2D eigenvalue weighted by Crippen LogP contribution is -2.39. The molecule has 0 bridgehead atoms. The smallest absolute Gasteiger partial charge is 0.274 e. The fraction of sp³-hybridized carbons (Fsp3) is 0.455. The van der Waals surface area contributed by atoms with Crippen molar-refractivity contribution in [1.82, 2.24) is 0 Å². The molecule has 0 saturated carbocycles. The average molecular weight is 239 g/mol. The molecule has 92 valence electrons. The zero-order chi connectivity index (χ0) is 12.4. The van der Waals surface area contributed by atoms with Crippen molar-refractivity contribution in [3.05, 3.63) is 34.1 Å². The minimum Gasteiger partial charge on any atom is -0.371 e. The molecule has 5 nitrogen and oxygen atoms in total. The van der Waals surface area contributed by atoms with Gasteiger partial charge in [0.25, 0.3) is 5.69 Å². The molecular weight excluding hydrogens is 225 g/mol. The molecule has 1 aromatic rings. The molecule has 0 amide bonds. The Labute approximate surface area is 98.2 Å². The number of nitro groups is 1. The fourth-order valence-electron chi connectivity index (χ4n) is 2.00. The Morgan fingerprint density at radius 1 is 1.35 bits per heavy atom. The molecule has 1 saturated heterocycles. The minimum absolute atomic E-state index is 0.176. The van der Waals surface area contributed by atoms with Gasteiger partial charge in [0, 0.05) is 30.9 Å². The van der Waals surface area contributed by atoms with E-state index in [0.717, 1.165) is 18.9 Å². The van der Waals surface area contributed by atoms with Crippen LogP contribution in [0.1, 0.15) is 12.8 Å². The number of hydrogen-bond donors (Lipinski definition) is 1. The number of nitrogens with two attached hydrogens (primary N) is 1. The second kappa shape index (κ2) is 4.67. The molecule has 2 rings (SSSR count). The van der Waals surface area contributed by atoms with E-state index in [-0.39, 0.29) is 11.7 Å². The zero-order valence-electron chi connectivity index (χ0n) is 9.30. The summed E-state index contributed by atoms with van der Waals surface area (Å²) in [7, 11) is 0. The van der Waals surface area contributed by atoms with Crippen LogP contribution >= 0.6 is 0 Å². The molecule has 1 aromatic carbocycles. The number of benzene rings is 1. The van der Waals surface area contributed by atoms with Crippen molar-refractivity contribution in [3.63, 3.8) is 0 Å². The van der Waals surface area contributed by atoms with Gasteiger partial charge in [-0.15, -0.1) is 0 Å². The molecule has 0 aromatic heterocycles. The maximum Gasteiger partial charge on any atom is 0.274 e. The Kier molecular flexibility index (Phi) is 3.23. The van der Waals surface area contributed by atoms with E-state index in [2.05, 4.69) is 0 Å². The van der Waals surface area contributed by atoms with Crippen LogP contribution in [0.4, 0.5) is 15.8 Å². The molecule has 0 unspecified atom stereocenters. The van der Waals surface area contributed by atoms with Crippen molar-refractivity contribution in [3.8, 4) is 0 Å². The van der Waals surface area contributed by atoms with E-state index in [1.165, 1.54) is 12.1 Å². The van der Waals surface area contributed by atoms with Crippen molar-refractivity contribution in [2.75, 3.05) is 18.0 Å². The zero-order valence-corrected chi connectivity index (χ0v) is 9.30. The van der Waals surface area contributed by atoms with E-state index >= 15 is 0 Å². The van der Waals surface area contributed by atoms with E-state index < -0.39 is 10.7 Å². The third-order valence-corrected chi connectivity index (χ3v) is 2.98. The normalized spacial score (nSPS) is 17.2. The number of hydrogen-bond acceptors (Lipinski definition) is 4. The van der Waals surface area contributed by atoms with Gasteiger partial charge < -0.3 is 10.6 Å². The van der Waals surface area contributed by atoms with Crippen LogP contribution < -0.4 is 10.6 Å². The summed E-state index contributed by atoms with van der Waals surface area (Å²) in [6, 6.07) is 3.83. The number of nitro benzene ring substituents is 1. The average Bonchev–Trinajstić information content (AvgIpc) is 2.29. The first-order chi connectivity index (χ1) is 8.06. The van der Waals surface area contributed by atoms with E-state index in [1.807, 2.05) is 4.90 Å². The van der Waals surface area contributed by atoms with E-state index in [0.29, 0.717) is 18.8 Å². The van der Waals surface area contributed by atoms with Crippen molar-refractivity contribution in [2.45, 2.75) is 18.9 Å². The van der Waals surface area contributed by atoms with Gasteiger partial charge in [0.1, 0.15) is 5.82 Å². The topological polar surface area (TPSA) is 72.4 Å². The summed E-state index contributed by atoms with van der Waals surface area (Å²) in [5, 5.41) is 10.6. The summed E-state index contributed by atoms with van der Waals surface area (Å²) in [4.78, 5) is 12.0. The monoisotopic (exact) mass is 239 g/mol. The van der Waals surface area contributed by atoms with Gasteiger partial charge in [-0.05, 0) is 18.9 Å². The second-order valence-electron chi connectivity index (χ2n) is 4.25. The molecule has 17 heavy (non-hydrogen) atoms. The van der Waals surface area contributed by atoms with Gasteiger partial charge in [0.05, 0.1) is 11.0 Å². The molecule has 2 N–H and O–H groups in total. The van der Waals surface area contributed by atoms with Crippen LogP contribution in [-0.2, 0) is 0 Å². The van der Waals surface area contributed by atoms with E-state index in [4.69, 9.17) is 5.73 Å². The summed E-state index contributed by atoms with van der Waals surface area (Å²) < 4.78 is 13.3. The fourth-order valence-corrected chi connectivity index (χ4v) is 2.00. The standard InChI is InChI=1S/C11H14FN3O2/c12-8-5-10(7-11(6-8)15(16)17)14-3-1-9(13)2-4-14/h5-7,9H,1-4,13H2. The minimum atomic E-state index is -0.581. The van der Waals surface area contributed by atoms with Crippen LogP contribution in [0.3, 0.4) is 0 Å². The van der Waals surface area contributed by atoms with Crippen LogP contribution in [0.2, 0.25) is 0 Å². The van der Waals surface area contributed by atoms with Gasteiger partial charge in [0.15, 0.2) is 0 Å². The molecular formula is C11H14FN3O2. The van der Waals surface area contributed by atoms with Gasteiger partial charge in [-0.3, -0.25) is 10.1 Å². The largest absolute Gasteiger partial charge is 0.371 e. The van der Waals surface area contributed by atoms with Crippen LogP contribution in [0, 0.1) is 15.9 Å². The lowest BCUT2D eigenvalue weighted by atomic mass is 10.1. The van der Waals surface area contributed by atoms with Crippen molar-refractivity contribution in [1.29, 1.82) is 0 Å². The summed E-state index contributed by atoms with van der Waals surface area (Å²) in [6.07, 6.45) is 1.65. The van der Waals surface area contributed by atoms with E-state index in [1.54, 1.807) is 0 Å². The third-order valence-electron chi connectivity index (χ3n) is 2.98. The number of nitrogens with zero attached hydrogens (tertiary/aromatic N) is 2. The number of non-ortho nitro benzene ring substituents is 1. The van der Waals surface area contributed by atoms with Crippen LogP contribution in [-0.4, -0.2) is 24.1 Å². The molecule has 1 fully saturated rings. The Morgan fingerprint density at radius 2 is 2.00 bits per heavy atom. The van der Waals surface area contributed by atoms with Gasteiger partial charge in [-0.1, -0.05) is 0 Å². The molecule has 1 aliphatic heterocycles. The summed E-state index contributed by atoms with van der Waals surface area (Å²) in [6.45, 7) is 1.42. The lowest BCUT2D eigenvalue weighted by molar-refractivity contribution is -0.385. The summed E-state index contributed by atoms with van der Waals surface area (Å²) >= 11 is 0. The quantitative estimate of drug-likeness (QED) is 0.629. The first-order valence-corrected chi connectivity index (χ1v) is 5.52. The first kappa shape index (κ1) is 11.8. The molecule has 1 heterocycles. The first-order valence-electron chi connectivity index (χ1n) is 5.52. The second-order valence-corrected chi connectivity index (χ2v) is 4.25. The van der Waals surface area contributed by atoms with Crippen LogP contribution in [0.15, 0.2) is 18.2 Å². The van der Waals surface area contributed by atoms with Crippen LogP contribution in [0.5, 0.6) is 0 Å². The SMILES string of the molecule is NC1CCN(c2cc(F)cc([N+](=O)[O-])c2)CC1.